The fraction of sp³-hybridized carbons (Fsp3) is 1.00. The zero-order chi connectivity index (χ0) is 7.49. The van der Waals surface area contributed by atoms with E-state index in [0.29, 0.717) is 6.42 Å². The van der Waals surface area contributed by atoms with Gasteiger partial charge in [-0.15, -0.1) is 0 Å². The molecule has 3 nitrogen and oxygen atoms in total. The Kier molecular flexibility index (Phi) is 7.83. The maximum Gasteiger partial charge on any atom is 2.00 e. The molecule has 0 rings (SSSR count). The van der Waals surface area contributed by atoms with Gasteiger partial charge in [-0.1, -0.05) is 13.3 Å². The SMILES string of the molecule is CCCC(C)[P+]([O-])([O-])[O-].[Sn+2]. The van der Waals surface area contributed by atoms with Crippen molar-refractivity contribution in [2.75, 3.05) is 0 Å². The van der Waals surface area contributed by atoms with Gasteiger partial charge in [0.25, 0.3) is 0 Å². The third kappa shape index (κ3) is 5.86. The quantitative estimate of drug-likeness (QED) is 0.469. The first-order valence-electron chi connectivity index (χ1n) is 3.00. The van der Waals surface area contributed by atoms with E-state index in [1.807, 2.05) is 6.92 Å². The van der Waals surface area contributed by atoms with Crippen LogP contribution in [0.1, 0.15) is 26.7 Å². The minimum absolute atomic E-state index is 0. The van der Waals surface area contributed by atoms with Crippen molar-refractivity contribution in [2.24, 2.45) is 0 Å². The third-order valence-electron chi connectivity index (χ3n) is 1.25. The molecule has 0 aromatic rings. The molecular weight excluding hydrogens is 258 g/mol. The summed E-state index contributed by atoms with van der Waals surface area (Å²) in [5.41, 5.74) is -0.692. The van der Waals surface area contributed by atoms with Crippen molar-refractivity contribution >= 4 is 31.9 Å². The first-order valence-corrected chi connectivity index (χ1v) is 4.61. The monoisotopic (exact) mass is 270 g/mol. The summed E-state index contributed by atoms with van der Waals surface area (Å²) in [5.74, 6) is 0. The predicted octanol–water partition coefficient (Wildman–Crippen LogP) is -1.36. The largest absolute Gasteiger partial charge is 2.00 e. The summed E-state index contributed by atoms with van der Waals surface area (Å²) in [6.07, 6.45) is 1.22. The smallest absolute Gasteiger partial charge is 0.687 e. The van der Waals surface area contributed by atoms with Crippen LogP contribution in [0.15, 0.2) is 0 Å². The molecule has 0 aromatic carbocycles. The van der Waals surface area contributed by atoms with Gasteiger partial charge in [0.15, 0.2) is 0 Å². The Morgan fingerprint density at radius 2 is 1.70 bits per heavy atom. The molecule has 0 heterocycles. The molecule has 0 aromatic heterocycles. The fourth-order valence-electron chi connectivity index (χ4n) is 0.576. The van der Waals surface area contributed by atoms with E-state index in [1.54, 1.807) is 0 Å². The normalized spacial score (nSPS) is 14.1. The van der Waals surface area contributed by atoms with Crippen molar-refractivity contribution < 1.29 is 14.7 Å². The van der Waals surface area contributed by atoms with Gasteiger partial charge in [-0.3, -0.25) is 0 Å². The van der Waals surface area contributed by atoms with Crippen LogP contribution in [0.5, 0.6) is 0 Å². The second kappa shape index (κ2) is 5.72. The molecule has 0 amide bonds. The van der Waals surface area contributed by atoms with Crippen LogP contribution >= 0.6 is 7.94 Å². The summed E-state index contributed by atoms with van der Waals surface area (Å²) >= 11 is 0. The van der Waals surface area contributed by atoms with E-state index in [4.69, 9.17) is 0 Å². The van der Waals surface area contributed by atoms with E-state index in [1.165, 1.54) is 6.92 Å². The topological polar surface area (TPSA) is 69.2 Å². The van der Waals surface area contributed by atoms with Crippen LogP contribution < -0.4 is 14.7 Å². The standard InChI is InChI=1S/C5H13O3P.Sn/c1-3-4-5(2)9(6,7)8;/h5H,3-4H2,1-2H3,(H2,6,7,8);/q;+2/p-2. The van der Waals surface area contributed by atoms with Crippen molar-refractivity contribution in [1.82, 2.24) is 0 Å². The second-order valence-corrected chi connectivity index (χ2v) is 4.14. The van der Waals surface area contributed by atoms with Gasteiger partial charge in [-0.2, -0.15) is 7.94 Å². The Morgan fingerprint density at radius 3 is 1.80 bits per heavy atom. The van der Waals surface area contributed by atoms with Crippen LogP contribution in [0.2, 0.25) is 0 Å². The molecule has 10 heavy (non-hydrogen) atoms. The predicted molar refractivity (Wildman–Crippen MR) is 37.0 cm³/mol. The Hall–Kier alpha value is 1.11. The Balaban J connectivity index is 0. The Morgan fingerprint density at radius 1 is 1.30 bits per heavy atom. The van der Waals surface area contributed by atoms with Crippen LogP contribution in [-0.2, 0) is 0 Å². The molecule has 0 aliphatic carbocycles. The Labute approximate surface area is 79.0 Å². The fourth-order valence-corrected chi connectivity index (χ4v) is 1.15. The van der Waals surface area contributed by atoms with Crippen LogP contribution in [0.25, 0.3) is 0 Å². The maximum atomic E-state index is 10.2. The molecule has 5 heteroatoms. The molecule has 0 aliphatic rings. The first kappa shape index (κ1) is 13.7. The van der Waals surface area contributed by atoms with E-state index in [2.05, 4.69) is 0 Å². The van der Waals surface area contributed by atoms with Crippen LogP contribution in [-0.4, -0.2) is 29.6 Å². The van der Waals surface area contributed by atoms with E-state index < -0.39 is 13.6 Å². The molecule has 1 unspecified atom stereocenters. The maximum absolute atomic E-state index is 10.2. The van der Waals surface area contributed by atoms with Crippen molar-refractivity contribution in [3.8, 4) is 0 Å². The van der Waals surface area contributed by atoms with Crippen LogP contribution in [0.4, 0.5) is 0 Å². The zero-order valence-electron chi connectivity index (χ0n) is 6.16. The summed E-state index contributed by atoms with van der Waals surface area (Å²) in [7, 11) is -4.27. The molecule has 0 spiro atoms. The summed E-state index contributed by atoms with van der Waals surface area (Å²) < 4.78 is 0. The first-order chi connectivity index (χ1) is 3.98. The van der Waals surface area contributed by atoms with Crippen LogP contribution in [0, 0.1) is 0 Å². The summed E-state index contributed by atoms with van der Waals surface area (Å²) in [4.78, 5) is 30.6. The minimum Gasteiger partial charge on any atom is -0.687 e. The Bertz CT molecular complexity index is 83.5. The summed E-state index contributed by atoms with van der Waals surface area (Å²) in [6.45, 7) is 3.30. The molecule has 1 atom stereocenters. The van der Waals surface area contributed by atoms with Gasteiger partial charge < -0.3 is 14.7 Å². The van der Waals surface area contributed by atoms with Gasteiger partial charge in [-0.25, -0.2) is 0 Å². The van der Waals surface area contributed by atoms with Crippen LogP contribution in [0.3, 0.4) is 0 Å². The molecular formula is C5H11O3PSn. The van der Waals surface area contributed by atoms with Gasteiger partial charge in [0, 0.05) is 0 Å². The molecule has 0 saturated carbocycles. The van der Waals surface area contributed by atoms with Crippen molar-refractivity contribution in [3.63, 3.8) is 0 Å². The molecule has 2 radical (unpaired) electrons. The molecule has 0 fully saturated rings. The number of hydrogen-bond donors (Lipinski definition) is 0. The molecule has 58 valence electrons. The average Bonchev–Trinajstić information content (AvgIpc) is 1.64. The van der Waals surface area contributed by atoms with Gasteiger partial charge in [0.1, 0.15) is 0 Å². The second-order valence-electron chi connectivity index (χ2n) is 2.18. The van der Waals surface area contributed by atoms with Gasteiger partial charge in [-0.05, 0) is 13.3 Å². The average molecular weight is 269 g/mol. The van der Waals surface area contributed by atoms with Crippen molar-refractivity contribution in [3.05, 3.63) is 0 Å². The third-order valence-corrected chi connectivity index (χ3v) is 2.58. The van der Waals surface area contributed by atoms with E-state index in [0.717, 1.165) is 6.42 Å². The molecule has 0 N–H and O–H groups in total. The van der Waals surface area contributed by atoms with E-state index in [9.17, 15) is 14.7 Å². The van der Waals surface area contributed by atoms with Crippen molar-refractivity contribution in [2.45, 2.75) is 32.3 Å². The number of hydrogen-bond acceptors (Lipinski definition) is 3. The summed E-state index contributed by atoms with van der Waals surface area (Å²) in [5, 5.41) is 0. The number of rotatable bonds is 3. The van der Waals surface area contributed by atoms with Crippen molar-refractivity contribution in [1.29, 1.82) is 0 Å². The van der Waals surface area contributed by atoms with Gasteiger partial charge in [0.05, 0.1) is 5.66 Å². The van der Waals surface area contributed by atoms with Gasteiger partial charge in [0.2, 0.25) is 0 Å². The van der Waals surface area contributed by atoms with E-state index >= 15 is 0 Å². The zero-order valence-corrected chi connectivity index (χ0v) is 9.91. The molecule has 0 saturated heterocycles. The van der Waals surface area contributed by atoms with Gasteiger partial charge >= 0.3 is 23.9 Å². The molecule has 0 aliphatic heterocycles. The summed E-state index contributed by atoms with van der Waals surface area (Å²) in [6, 6.07) is 0. The molecule has 0 bridgehead atoms. The minimum atomic E-state index is -4.27. The van der Waals surface area contributed by atoms with E-state index in [-0.39, 0.29) is 23.9 Å².